The highest BCUT2D eigenvalue weighted by atomic mass is 16.5. The van der Waals surface area contributed by atoms with Gasteiger partial charge in [-0.15, -0.1) is 0 Å². The zero-order chi connectivity index (χ0) is 21.0. The van der Waals surface area contributed by atoms with E-state index in [-0.39, 0.29) is 5.75 Å². The molecule has 0 aliphatic rings. The molecule has 1 N–H and O–H groups in total. The second-order valence-electron chi connectivity index (χ2n) is 6.82. The Bertz CT molecular complexity index is 1100. The Morgan fingerprint density at radius 3 is 2.31 bits per heavy atom. The molecule has 3 rings (SSSR count). The highest BCUT2D eigenvalue weighted by molar-refractivity contribution is 5.97. The van der Waals surface area contributed by atoms with Crippen molar-refractivity contribution < 1.29 is 24.2 Å². The van der Waals surface area contributed by atoms with E-state index in [9.17, 15) is 14.7 Å². The van der Waals surface area contributed by atoms with Crippen molar-refractivity contribution in [2.24, 2.45) is 0 Å². The lowest BCUT2D eigenvalue weighted by molar-refractivity contribution is -0.130. The molecule has 0 atom stereocenters. The van der Waals surface area contributed by atoms with E-state index in [0.29, 0.717) is 29.1 Å². The lowest BCUT2D eigenvalue weighted by atomic mass is 10.1. The van der Waals surface area contributed by atoms with E-state index in [2.05, 4.69) is 6.58 Å². The number of hydrogen-bond acceptors (Lipinski definition) is 5. The summed E-state index contributed by atoms with van der Waals surface area (Å²) in [6.45, 7) is 7.16. The first-order valence-corrected chi connectivity index (χ1v) is 9.33. The highest BCUT2D eigenvalue weighted by Gasteiger charge is 2.12. The molecule has 0 aliphatic heterocycles. The number of benzene rings is 3. The average Bonchev–Trinajstić information content (AvgIpc) is 2.70. The largest absolute Gasteiger partial charge is 0.508 e. The summed E-state index contributed by atoms with van der Waals surface area (Å²) in [4.78, 5) is 24.2. The number of phenols is 1. The summed E-state index contributed by atoms with van der Waals surface area (Å²) in [6.07, 6.45) is 1.57. The van der Waals surface area contributed by atoms with Crippen LogP contribution in [-0.2, 0) is 11.2 Å². The summed E-state index contributed by atoms with van der Waals surface area (Å²) in [6, 6.07) is 15.1. The Morgan fingerprint density at radius 1 is 0.931 bits per heavy atom. The van der Waals surface area contributed by atoms with Crippen molar-refractivity contribution in [2.45, 2.75) is 26.7 Å². The van der Waals surface area contributed by atoms with Gasteiger partial charge in [0.05, 0.1) is 5.56 Å². The summed E-state index contributed by atoms with van der Waals surface area (Å²) < 4.78 is 10.7. The van der Waals surface area contributed by atoms with Crippen LogP contribution in [0.4, 0.5) is 0 Å². The quantitative estimate of drug-likeness (QED) is 0.356. The van der Waals surface area contributed by atoms with Gasteiger partial charge in [0.15, 0.2) is 0 Å². The third kappa shape index (κ3) is 4.82. The molecule has 3 aromatic rings. The molecule has 0 saturated heterocycles. The standard InChI is InChI=1S/C24H22O5/c1-4-5-18-14-21(10-11-22(18)25)29-24(27)19-7-6-17-13-20(9-8-16(17)12-19)28-23(26)15(2)3/h6-14,25H,2,4-5H2,1,3H3. The molecule has 0 aliphatic carbocycles. The fourth-order valence-corrected chi connectivity index (χ4v) is 2.87. The molecule has 148 valence electrons. The summed E-state index contributed by atoms with van der Waals surface area (Å²) in [7, 11) is 0. The van der Waals surface area contributed by atoms with Crippen molar-refractivity contribution in [2.75, 3.05) is 0 Å². The molecular weight excluding hydrogens is 368 g/mol. The van der Waals surface area contributed by atoms with Crippen molar-refractivity contribution in [1.82, 2.24) is 0 Å². The number of aryl methyl sites for hydroxylation is 1. The zero-order valence-corrected chi connectivity index (χ0v) is 16.4. The minimum absolute atomic E-state index is 0.195. The van der Waals surface area contributed by atoms with Crippen LogP contribution in [-0.4, -0.2) is 17.0 Å². The Morgan fingerprint density at radius 2 is 1.59 bits per heavy atom. The van der Waals surface area contributed by atoms with Gasteiger partial charge in [-0.05, 0) is 72.1 Å². The molecule has 0 saturated carbocycles. The van der Waals surface area contributed by atoms with E-state index in [1.807, 2.05) is 6.92 Å². The fourth-order valence-electron chi connectivity index (χ4n) is 2.87. The number of carbonyl (C=O) groups excluding carboxylic acids is 2. The van der Waals surface area contributed by atoms with E-state index in [4.69, 9.17) is 9.47 Å². The molecule has 0 spiro atoms. The first-order valence-electron chi connectivity index (χ1n) is 9.33. The number of aromatic hydroxyl groups is 1. The number of hydrogen-bond donors (Lipinski definition) is 1. The SMILES string of the molecule is C=C(C)C(=O)Oc1ccc2cc(C(=O)Oc3ccc(O)c(CCC)c3)ccc2c1. The van der Waals surface area contributed by atoms with Crippen LogP contribution >= 0.6 is 0 Å². The van der Waals surface area contributed by atoms with Crippen LogP contribution < -0.4 is 9.47 Å². The number of fused-ring (bicyclic) bond motifs is 1. The second-order valence-corrected chi connectivity index (χ2v) is 6.82. The molecule has 5 nitrogen and oxygen atoms in total. The summed E-state index contributed by atoms with van der Waals surface area (Å²) in [5.74, 6) is 0.0194. The first kappa shape index (κ1) is 20.1. The normalized spacial score (nSPS) is 10.6. The zero-order valence-electron chi connectivity index (χ0n) is 16.4. The Hall–Kier alpha value is -3.60. The van der Waals surface area contributed by atoms with E-state index in [0.717, 1.165) is 22.8 Å². The molecule has 0 amide bonds. The van der Waals surface area contributed by atoms with Gasteiger partial charge in [0.1, 0.15) is 17.2 Å². The monoisotopic (exact) mass is 390 g/mol. The molecule has 0 radical (unpaired) electrons. The van der Waals surface area contributed by atoms with E-state index < -0.39 is 11.9 Å². The van der Waals surface area contributed by atoms with Crippen molar-refractivity contribution in [3.8, 4) is 17.2 Å². The average molecular weight is 390 g/mol. The Labute approximate surface area is 169 Å². The summed E-state index contributed by atoms with van der Waals surface area (Å²) in [5.41, 5.74) is 1.46. The summed E-state index contributed by atoms with van der Waals surface area (Å²) in [5, 5.41) is 11.5. The van der Waals surface area contributed by atoms with Crippen LogP contribution in [0.25, 0.3) is 10.8 Å². The van der Waals surface area contributed by atoms with Crippen molar-refractivity contribution >= 4 is 22.7 Å². The Balaban J connectivity index is 1.79. The molecule has 0 heterocycles. The highest BCUT2D eigenvalue weighted by Crippen LogP contribution is 2.26. The van der Waals surface area contributed by atoms with Gasteiger partial charge in [0.2, 0.25) is 0 Å². The van der Waals surface area contributed by atoms with Gasteiger partial charge >= 0.3 is 11.9 Å². The first-order chi connectivity index (χ1) is 13.9. The van der Waals surface area contributed by atoms with Crippen molar-refractivity contribution in [3.63, 3.8) is 0 Å². The van der Waals surface area contributed by atoms with Crippen molar-refractivity contribution in [3.05, 3.63) is 77.9 Å². The fraction of sp³-hybridized carbons (Fsp3) is 0.167. The molecule has 0 fully saturated rings. The maximum absolute atomic E-state index is 12.5. The van der Waals surface area contributed by atoms with Gasteiger partial charge in [0, 0.05) is 5.57 Å². The van der Waals surface area contributed by atoms with E-state index in [1.54, 1.807) is 55.5 Å². The predicted octanol–water partition coefficient (Wildman–Crippen LogP) is 5.20. The molecule has 5 heteroatoms. The van der Waals surface area contributed by atoms with Gasteiger partial charge in [-0.3, -0.25) is 0 Å². The maximum atomic E-state index is 12.5. The molecule has 3 aromatic carbocycles. The lowest BCUT2D eigenvalue weighted by Crippen LogP contribution is -2.09. The molecule has 0 bridgehead atoms. The second kappa shape index (κ2) is 8.61. The number of esters is 2. The van der Waals surface area contributed by atoms with Crippen LogP contribution in [0.5, 0.6) is 17.2 Å². The Kier molecular flexibility index (Phi) is 5.98. The maximum Gasteiger partial charge on any atom is 0.343 e. The molecule has 0 unspecified atom stereocenters. The van der Waals surface area contributed by atoms with Crippen LogP contribution in [0.1, 0.15) is 36.2 Å². The number of ether oxygens (including phenoxy) is 2. The molecule has 29 heavy (non-hydrogen) atoms. The van der Waals surface area contributed by atoms with E-state index in [1.165, 1.54) is 6.07 Å². The third-order valence-electron chi connectivity index (χ3n) is 4.39. The minimum Gasteiger partial charge on any atom is -0.508 e. The predicted molar refractivity (Wildman–Crippen MR) is 111 cm³/mol. The van der Waals surface area contributed by atoms with Crippen LogP contribution in [0.2, 0.25) is 0 Å². The van der Waals surface area contributed by atoms with Crippen LogP contribution in [0, 0.1) is 0 Å². The van der Waals surface area contributed by atoms with Gasteiger partial charge in [-0.2, -0.15) is 0 Å². The van der Waals surface area contributed by atoms with Gasteiger partial charge in [-0.25, -0.2) is 9.59 Å². The van der Waals surface area contributed by atoms with Crippen LogP contribution in [0.3, 0.4) is 0 Å². The van der Waals surface area contributed by atoms with E-state index >= 15 is 0 Å². The van der Waals surface area contributed by atoms with Gasteiger partial charge < -0.3 is 14.6 Å². The lowest BCUT2D eigenvalue weighted by Gasteiger charge is -2.09. The van der Waals surface area contributed by atoms with Gasteiger partial charge in [0.25, 0.3) is 0 Å². The molecule has 0 aromatic heterocycles. The number of carbonyl (C=O) groups is 2. The number of phenolic OH excluding ortho intramolecular Hbond substituents is 1. The third-order valence-corrected chi connectivity index (χ3v) is 4.39. The molecular formula is C24H22O5. The number of rotatable bonds is 6. The topological polar surface area (TPSA) is 72.8 Å². The smallest absolute Gasteiger partial charge is 0.343 e. The summed E-state index contributed by atoms with van der Waals surface area (Å²) >= 11 is 0. The minimum atomic E-state index is -0.488. The van der Waals surface area contributed by atoms with Crippen LogP contribution in [0.15, 0.2) is 66.7 Å². The van der Waals surface area contributed by atoms with Crippen molar-refractivity contribution in [1.29, 1.82) is 0 Å². The van der Waals surface area contributed by atoms with Gasteiger partial charge in [-0.1, -0.05) is 32.1 Å².